The Bertz CT molecular complexity index is 1510. The quantitative estimate of drug-likeness (QED) is 0.236. The van der Waals surface area contributed by atoms with Crippen LogP contribution in [0.5, 0.6) is 0 Å². The van der Waals surface area contributed by atoms with E-state index < -0.39 is 17.8 Å². The van der Waals surface area contributed by atoms with E-state index in [9.17, 15) is 22.8 Å². The molecule has 218 valence electrons. The summed E-state index contributed by atoms with van der Waals surface area (Å²) in [7, 11) is 0. The summed E-state index contributed by atoms with van der Waals surface area (Å²) >= 11 is 0. The number of anilines is 3. The zero-order valence-corrected chi connectivity index (χ0v) is 22.9. The Morgan fingerprint density at radius 1 is 1.10 bits per heavy atom. The molecule has 0 unspecified atom stereocenters. The maximum atomic E-state index is 13.5. The van der Waals surface area contributed by atoms with Gasteiger partial charge >= 0.3 is 12.2 Å². The molecule has 3 heterocycles. The van der Waals surface area contributed by atoms with Crippen LogP contribution >= 0.6 is 0 Å². The number of hydrazine groups is 1. The van der Waals surface area contributed by atoms with Crippen molar-refractivity contribution in [3.63, 3.8) is 0 Å². The zero-order chi connectivity index (χ0) is 29.9. The van der Waals surface area contributed by atoms with E-state index in [1.165, 1.54) is 17.0 Å². The number of terminal acetylenes is 1. The summed E-state index contributed by atoms with van der Waals surface area (Å²) in [6, 6.07) is 17.4. The lowest BCUT2D eigenvalue weighted by molar-refractivity contribution is -0.137. The number of fused-ring (bicyclic) bond motifs is 1. The fraction of sp³-hybridized carbons (Fsp3) is 0.300. The molecule has 1 fully saturated rings. The van der Waals surface area contributed by atoms with E-state index in [2.05, 4.69) is 32.5 Å². The van der Waals surface area contributed by atoms with E-state index in [-0.39, 0.29) is 28.6 Å². The second kappa shape index (κ2) is 11.7. The highest BCUT2D eigenvalue weighted by molar-refractivity contribution is 6.03. The molecule has 0 aliphatic carbocycles. The van der Waals surface area contributed by atoms with Gasteiger partial charge < -0.3 is 10.6 Å². The van der Waals surface area contributed by atoms with Crippen LogP contribution < -0.4 is 31.3 Å². The molecular weight excluding hydrogens is 547 g/mol. The SMILES string of the molecule is C#CN1CCCN(C(=O)Nc2ccc(CNC(=O)CCC3(C)NN3)cc2)c2nc(-c3cccc(C(F)(F)F)c3)ccc21. The predicted octanol–water partition coefficient (Wildman–Crippen LogP) is 4.83. The van der Waals surface area contributed by atoms with Crippen LogP contribution in [0, 0.1) is 12.5 Å². The third kappa shape index (κ3) is 6.82. The molecule has 9 nitrogen and oxygen atoms in total. The number of amides is 3. The number of carbonyl (C=O) groups is 2. The molecule has 3 amide bonds. The van der Waals surface area contributed by atoms with Gasteiger partial charge in [0, 0.05) is 43.4 Å². The summed E-state index contributed by atoms with van der Waals surface area (Å²) in [5.41, 5.74) is 7.49. The molecule has 0 saturated carbocycles. The number of aromatic nitrogens is 1. The van der Waals surface area contributed by atoms with Crippen molar-refractivity contribution >= 4 is 29.1 Å². The molecule has 0 bridgehead atoms. The van der Waals surface area contributed by atoms with Gasteiger partial charge in [-0.15, -0.1) is 0 Å². The second-order valence-electron chi connectivity index (χ2n) is 10.4. The van der Waals surface area contributed by atoms with E-state index in [0.29, 0.717) is 50.3 Å². The van der Waals surface area contributed by atoms with Gasteiger partial charge in [0.15, 0.2) is 5.82 Å². The average Bonchev–Trinajstić information content (AvgIpc) is 3.75. The van der Waals surface area contributed by atoms with Gasteiger partial charge in [0.1, 0.15) is 0 Å². The minimum Gasteiger partial charge on any atom is -0.352 e. The highest BCUT2D eigenvalue weighted by atomic mass is 19.4. The fourth-order valence-corrected chi connectivity index (χ4v) is 4.59. The van der Waals surface area contributed by atoms with Gasteiger partial charge in [-0.05, 0) is 61.7 Å². The number of benzene rings is 2. The Morgan fingerprint density at radius 2 is 1.86 bits per heavy atom. The normalized spacial score (nSPS) is 15.7. The molecule has 3 aromatic rings. The summed E-state index contributed by atoms with van der Waals surface area (Å²) in [6.07, 6.45) is 2.84. The first-order valence-corrected chi connectivity index (χ1v) is 13.5. The van der Waals surface area contributed by atoms with Crippen molar-refractivity contribution in [3.8, 4) is 23.7 Å². The molecule has 0 spiro atoms. The monoisotopic (exact) mass is 577 g/mol. The Morgan fingerprint density at radius 3 is 2.55 bits per heavy atom. The molecule has 2 aliphatic rings. The first-order chi connectivity index (χ1) is 20.0. The summed E-state index contributed by atoms with van der Waals surface area (Å²) in [6.45, 7) is 3.11. The van der Waals surface area contributed by atoms with Gasteiger partial charge in [-0.3, -0.25) is 14.6 Å². The largest absolute Gasteiger partial charge is 0.416 e. The fourth-order valence-electron chi connectivity index (χ4n) is 4.59. The van der Waals surface area contributed by atoms with Crippen LogP contribution in [0.15, 0.2) is 60.7 Å². The summed E-state index contributed by atoms with van der Waals surface area (Å²) in [5.74, 6) is 0.199. The number of carbonyl (C=O) groups excluding carboxylic acids is 2. The number of hydrogen-bond donors (Lipinski definition) is 4. The summed E-state index contributed by atoms with van der Waals surface area (Å²) < 4.78 is 40.0. The van der Waals surface area contributed by atoms with Crippen molar-refractivity contribution in [3.05, 3.63) is 71.8 Å². The van der Waals surface area contributed by atoms with Crippen LogP contribution in [0.1, 0.15) is 37.3 Å². The molecule has 2 aromatic carbocycles. The number of alkyl halides is 3. The summed E-state index contributed by atoms with van der Waals surface area (Å²) in [4.78, 5) is 33.3. The third-order valence-corrected chi connectivity index (χ3v) is 7.15. The molecule has 12 heteroatoms. The zero-order valence-electron chi connectivity index (χ0n) is 22.9. The molecular formula is C30H30F3N7O2. The molecule has 1 aromatic heterocycles. The number of nitrogens with zero attached hydrogens (tertiary/aromatic N) is 3. The number of nitrogens with one attached hydrogen (secondary N) is 4. The van der Waals surface area contributed by atoms with Crippen molar-refractivity contribution in [2.45, 2.75) is 44.6 Å². The van der Waals surface area contributed by atoms with Gasteiger partial charge in [0.2, 0.25) is 5.91 Å². The number of urea groups is 1. The second-order valence-corrected chi connectivity index (χ2v) is 10.4. The Kier molecular flexibility index (Phi) is 8.06. The minimum atomic E-state index is -4.50. The maximum Gasteiger partial charge on any atom is 0.416 e. The summed E-state index contributed by atoms with van der Waals surface area (Å²) in [5, 5.41) is 5.75. The number of halogens is 3. The Labute approximate surface area is 241 Å². The lowest BCUT2D eigenvalue weighted by Crippen LogP contribution is -2.36. The number of hydrogen-bond acceptors (Lipinski definition) is 6. The molecule has 5 rings (SSSR count). The lowest BCUT2D eigenvalue weighted by Gasteiger charge is -2.24. The molecule has 42 heavy (non-hydrogen) atoms. The van der Waals surface area contributed by atoms with Crippen LogP contribution in [0.25, 0.3) is 11.3 Å². The molecule has 0 radical (unpaired) electrons. The smallest absolute Gasteiger partial charge is 0.352 e. The van der Waals surface area contributed by atoms with E-state index in [1.807, 2.05) is 19.1 Å². The highest BCUT2D eigenvalue weighted by Crippen LogP contribution is 2.36. The van der Waals surface area contributed by atoms with E-state index in [1.54, 1.807) is 29.2 Å². The maximum absolute atomic E-state index is 13.5. The van der Waals surface area contributed by atoms with Crippen molar-refractivity contribution in [2.24, 2.45) is 0 Å². The van der Waals surface area contributed by atoms with Crippen LogP contribution in [0.2, 0.25) is 0 Å². The average molecular weight is 578 g/mol. The molecule has 2 aliphatic heterocycles. The van der Waals surface area contributed by atoms with Crippen LogP contribution in [-0.4, -0.2) is 35.7 Å². The van der Waals surface area contributed by atoms with Gasteiger partial charge in [-0.2, -0.15) is 13.2 Å². The first-order valence-electron chi connectivity index (χ1n) is 13.5. The molecule has 0 atom stereocenters. The third-order valence-electron chi connectivity index (χ3n) is 7.15. The number of rotatable bonds is 7. The molecule has 4 N–H and O–H groups in total. The Hall–Kier alpha value is -4.60. The van der Waals surface area contributed by atoms with Crippen molar-refractivity contribution < 1.29 is 22.8 Å². The topological polar surface area (TPSA) is 121 Å². The minimum absolute atomic E-state index is 0.0538. The first kappa shape index (κ1) is 28.9. The van der Waals surface area contributed by atoms with E-state index in [4.69, 9.17) is 6.42 Å². The number of pyridine rings is 1. The van der Waals surface area contributed by atoms with Crippen LogP contribution in [0.4, 0.5) is 35.2 Å². The van der Waals surface area contributed by atoms with Crippen LogP contribution in [0.3, 0.4) is 0 Å². The van der Waals surface area contributed by atoms with Gasteiger partial charge in [-0.25, -0.2) is 20.6 Å². The van der Waals surface area contributed by atoms with E-state index in [0.717, 1.165) is 17.7 Å². The van der Waals surface area contributed by atoms with E-state index >= 15 is 0 Å². The van der Waals surface area contributed by atoms with Crippen molar-refractivity contribution in [1.82, 2.24) is 21.2 Å². The van der Waals surface area contributed by atoms with Crippen molar-refractivity contribution in [1.29, 1.82) is 0 Å². The molecule has 1 saturated heterocycles. The van der Waals surface area contributed by atoms with Gasteiger partial charge in [0.25, 0.3) is 0 Å². The lowest BCUT2D eigenvalue weighted by atomic mass is 10.1. The van der Waals surface area contributed by atoms with Crippen LogP contribution in [-0.2, 0) is 17.5 Å². The Balaban J connectivity index is 1.30. The van der Waals surface area contributed by atoms with Gasteiger partial charge in [0.05, 0.1) is 22.6 Å². The predicted molar refractivity (Wildman–Crippen MR) is 154 cm³/mol. The standard InChI is InChI=1S/C30H30F3N7O2/c1-3-39-16-5-17-40(27-25(39)13-12-24(36-27)21-6-4-7-22(18-21)30(31,32)33)28(42)35-23-10-8-20(9-11-23)19-34-26(41)14-15-29(2)37-38-29/h1,4,6-13,18,37-38H,5,14-17,19H2,2H3,(H,34,41)(H,35,42). The van der Waals surface area contributed by atoms with Gasteiger partial charge in [-0.1, -0.05) is 30.7 Å². The highest BCUT2D eigenvalue weighted by Gasteiger charge is 2.35. The van der Waals surface area contributed by atoms with Crippen molar-refractivity contribution in [2.75, 3.05) is 28.2 Å².